The summed E-state index contributed by atoms with van der Waals surface area (Å²) in [6.45, 7) is 0. The van der Waals surface area contributed by atoms with Crippen molar-refractivity contribution in [2.75, 3.05) is 0 Å². The third kappa shape index (κ3) is 2.41. The highest BCUT2D eigenvalue weighted by atomic mass is 19.4. The van der Waals surface area contributed by atoms with Crippen molar-refractivity contribution in [3.8, 4) is 5.75 Å². The number of aromatic hydroxyl groups is 1. The largest absolute Gasteiger partial charge is 0.506 e. The lowest BCUT2D eigenvalue weighted by Crippen LogP contribution is -2.12. The Morgan fingerprint density at radius 3 is 2.58 bits per heavy atom. The summed E-state index contributed by atoms with van der Waals surface area (Å²) in [7, 11) is 0. The zero-order valence-electron chi connectivity index (χ0n) is 5.97. The monoisotopic (exact) mass is 177 g/mol. The minimum Gasteiger partial charge on any atom is -0.506 e. The van der Waals surface area contributed by atoms with Gasteiger partial charge in [0.25, 0.3) is 0 Å². The van der Waals surface area contributed by atoms with Crippen molar-refractivity contribution in [2.45, 2.75) is 12.6 Å². The van der Waals surface area contributed by atoms with Crippen LogP contribution < -0.4 is 0 Å². The molecule has 0 amide bonds. The number of alkyl halides is 3. The fraction of sp³-hybridized carbons (Fsp3) is 0.286. The summed E-state index contributed by atoms with van der Waals surface area (Å²) in [6.07, 6.45) is -4.31. The van der Waals surface area contributed by atoms with Gasteiger partial charge in [0, 0.05) is 6.20 Å². The Morgan fingerprint density at radius 2 is 2.08 bits per heavy atom. The molecule has 2 nitrogen and oxygen atoms in total. The first-order chi connectivity index (χ1) is 5.49. The van der Waals surface area contributed by atoms with Crippen LogP contribution in [0.1, 0.15) is 5.69 Å². The van der Waals surface area contributed by atoms with E-state index >= 15 is 0 Å². The highest BCUT2D eigenvalue weighted by Gasteiger charge is 2.29. The maximum atomic E-state index is 11.8. The van der Waals surface area contributed by atoms with E-state index in [1.54, 1.807) is 0 Å². The molecule has 1 heterocycles. The number of hydrogen-bond donors (Lipinski definition) is 1. The molecule has 0 saturated heterocycles. The predicted octanol–water partition coefficient (Wildman–Crippen LogP) is 1.89. The average Bonchev–Trinajstić information content (AvgIpc) is 1.91. The Kier molecular flexibility index (Phi) is 2.21. The van der Waals surface area contributed by atoms with E-state index in [0.29, 0.717) is 0 Å². The molecule has 0 bridgehead atoms. The summed E-state index contributed by atoms with van der Waals surface area (Å²) >= 11 is 0. The molecule has 1 rings (SSSR count). The molecular formula is C7H6F3NO. The van der Waals surface area contributed by atoms with Crippen molar-refractivity contribution in [1.29, 1.82) is 0 Å². The molecule has 1 aromatic heterocycles. The molecule has 0 fully saturated rings. The van der Waals surface area contributed by atoms with Gasteiger partial charge < -0.3 is 5.11 Å². The van der Waals surface area contributed by atoms with Crippen molar-refractivity contribution >= 4 is 0 Å². The van der Waals surface area contributed by atoms with E-state index in [4.69, 9.17) is 5.11 Å². The van der Waals surface area contributed by atoms with Gasteiger partial charge in [-0.15, -0.1) is 0 Å². The summed E-state index contributed by atoms with van der Waals surface area (Å²) in [5.41, 5.74) is -0.343. The maximum Gasteiger partial charge on any atom is 0.394 e. The van der Waals surface area contributed by atoms with Gasteiger partial charge in [-0.05, 0) is 12.1 Å². The molecule has 0 atom stereocenters. The molecule has 12 heavy (non-hydrogen) atoms. The average molecular weight is 177 g/mol. The van der Waals surface area contributed by atoms with Gasteiger partial charge in [-0.25, -0.2) is 0 Å². The lowest BCUT2D eigenvalue weighted by Gasteiger charge is -2.05. The molecular weight excluding hydrogens is 171 g/mol. The smallest absolute Gasteiger partial charge is 0.394 e. The molecule has 0 aliphatic heterocycles. The van der Waals surface area contributed by atoms with Crippen molar-refractivity contribution in [3.05, 3.63) is 24.0 Å². The standard InChI is InChI=1S/C7H6F3NO/c8-7(9,10)4-5-6(12)2-1-3-11-5/h1-3,12H,4H2. The third-order valence-electron chi connectivity index (χ3n) is 1.23. The molecule has 1 N–H and O–H groups in total. The summed E-state index contributed by atoms with van der Waals surface area (Å²) in [5, 5.41) is 8.91. The first kappa shape index (κ1) is 8.83. The summed E-state index contributed by atoms with van der Waals surface area (Å²) in [4.78, 5) is 3.39. The van der Waals surface area contributed by atoms with Crippen LogP contribution in [0.5, 0.6) is 5.75 Å². The van der Waals surface area contributed by atoms with Crippen molar-refractivity contribution in [3.63, 3.8) is 0 Å². The van der Waals surface area contributed by atoms with Crippen LogP contribution in [0.4, 0.5) is 13.2 Å². The van der Waals surface area contributed by atoms with Crippen LogP contribution in [0.3, 0.4) is 0 Å². The maximum absolute atomic E-state index is 11.8. The van der Waals surface area contributed by atoms with Crippen molar-refractivity contribution in [1.82, 2.24) is 4.98 Å². The third-order valence-corrected chi connectivity index (χ3v) is 1.23. The Bertz CT molecular complexity index is 272. The first-order valence-corrected chi connectivity index (χ1v) is 3.18. The van der Waals surface area contributed by atoms with Gasteiger partial charge in [-0.3, -0.25) is 4.98 Å². The van der Waals surface area contributed by atoms with Gasteiger partial charge in [0.15, 0.2) is 0 Å². The lowest BCUT2D eigenvalue weighted by atomic mass is 10.2. The van der Waals surface area contributed by atoms with Crippen LogP contribution >= 0.6 is 0 Å². The minimum atomic E-state index is -4.33. The molecule has 0 aliphatic rings. The molecule has 0 spiro atoms. The molecule has 0 unspecified atom stereocenters. The first-order valence-electron chi connectivity index (χ1n) is 3.18. The van der Waals surface area contributed by atoms with E-state index in [1.165, 1.54) is 18.3 Å². The van der Waals surface area contributed by atoms with Crippen LogP contribution in [0.15, 0.2) is 18.3 Å². The fourth-order valence-electron chi connectivity index (χ4n) is 0.756. The van der Waals surface area contributed by atoms with Crippen LogP contribution in [-0.4, -0.2) is 16.3 Å². The number of rotatable bonds is 1. The second-order valence-electron chi connectivity index (χ2n) is 2.26. The molecule has 0 radical (unpaired) electrons. The quantitative estimate of drug-likeness (QED) is 0.710. The molecule has 5 heteroatoms. The number of nitrogens with zero attached hydrogens (tertiary/aromatic N) is 1. The summed E-state index contributed by atoms with van der Waals surface area (Å²) < 4.78 is 35.3. The van der Waals surface area contributed by atoms with Crippen LogP contribution in [0, 0.1) is 0 Å². The Balaban J connectivity index is 2.83. The van der Waals surface area contributed by atoms with Gasteiger partial charge in [0.05, 0.1) is 12.1 Å². The molecule has 66 valence electrons. The van der Waals surface area contributed by atoms with E-state index in [9.17, 15) is 13.2 Å². The van der Waals surface area contributed by atoms with E-state index in [-0.39, 0.29) is 5.69 Å². The summed E-state index contributed by atoms with van der Waals surface area (Å²) in [5.74, 6) is -0.421. The Morgan fingerprint density at radius 1 is 1.42 bits per heavy atom. The van der Waals surface area contributed by atoms with E-state index < -0.39 is 18.3 Å². The van der Waals surface area contributed by atoms with Crippen LogP contribution in [0.25, 0.3) is 0 Å². The zero-order chi connectivity index (χ0) is 9.19. The van der Waals surface area contributed by atoms with Crippen LogP contribution in [0.2, 0.25) is 0 Å². The lowest BCUT2D eigenvalue weighted by molar-refractivity contribution is -0.128. The van der Waals surface area contributed by atoms with Gasteiger partial charge in [-0.2, -0.15) is 13.2 Å². The Labute approximate surface area is 66.7 Å². The molecule has 0 aromatic carbocycles. The van der Waals surface area contributed by atoms with Gasteiger partial charge in [-0.1, -0.05) is 0 Å². The highest BCUT2D eigenvalue weighted by molar-refractivity contribution is 5.25. The normalized spacial score (nSPS) is 11.6. The van der Waals surface area contributed by atoms with E-state index in [1.807, 2.05) is 0 Å². The molecule has 1 aromatic rings. The number of aromatic nitrogens is 1. The molecule has 0 saturated carbocycles. The van der Waals surface area contributed by atoms with Gasteiger partial charge in [0.1, 0.15) is 5.75 Å². The van der Waals surface area contributed by atoms with Gasteiger partial charge >= 0.3 is 6.18 Å². The van der Waals surface area contributed by atoms with E-state index in [2.05, 4.69) is 4.98 Å². The highest BCUT2D eigenvalue weighted by Crippen LogP contribution is 2.24. The van der Waals surface area contributed by atoms with Gasteiger partial charge in [0.2, 0.25) is 0 Å². The fourth-order valence-corrected chi connectivity index (χ4v) is 0.756. The molecule has 0 aliphatic carbocycles. The zero-order valence-corrected chi connectivity index (χ0v) is 5.97. The SMILES string of the molecule is Oc1cccnc1CC(F)(F)F. The second kappa shape index (κ2) is 3.00. The van der Waals surface area contributed by atoms with E-state index in [0.717, 1.165) is 0 Å². The number of halogens is 3. The van der Waals surface area contributed by atoms with Crippen molar-refractivity contribution < 1.29 is 18.3 Å². The van der Waals surface area contributed by atoms with Crippen LogP contribution in [-0.2, 0) is 6.42 Å². The minimum absolute atomic E-state index is 0.343. The van der Waals surface area contributed by atoms with Crippen molar-refractivity contribution in [2.24, 2.45) is 0 Å². The second-order valence-corrected chi connectivity index (χ2v) is 2.26. The number of hydrogen-bond acceptors (Lipinski definition) is 2. The predicted molar refractivity (Wildman–Crippen MR) is 35.7 cm³/mol. The Hall–Kier alpha value is -1.26. The number of pyridine rings is 1. The summed E-state index contributed by atoms with van der Waals surface area (Å²) in [6, 6.07) is 2.54. The topological polar surface area (TPSA) is 33.1 Å².